The van der Waals surface area contributed by atoms with Gasteiger partial charge in [-0.3, -0.25) is 9.88 Å². The third kappa shape index (κ3) is 2.45. The second-order valence-corrected chi connectivity index (χ2v) is 6.26. The minimum atomic E-state index is -0.377. The number of halogens is 2. The van der Waals surface area contributed by atoms with Crippen LogP contribution in [0.2, 0.25) is 10.0 Å². The van der Waals surface area contributed by atoms with Crippen molar-refractivity contribution >= 4 is 29.3 Å². The zero-order valence-corrected chi connectivity index (χ0v) is 12.6. The normalized spacial score (nSPS) is 26.6. The highest BCUT2D eigenvalue weighted by atomic mass is 35.5. The van der Waals surface area contributed by atoms with Crippen LogP contribution in [0.25, 0.3) is 0 Å². The molecule has 1 amide bonds. The average molecular weight is 316 g/mol. The van der Waals surface area contributed by atoms with Crippen molar-refractivity contribution in [2.24, 2.45) is 0 Å². The Morgan fingerprint density at radius 2 is 2.05 bits per heavy atom. The van der Waals surface area contributed by atoms with Crippen LogP contribution in [-0.4, -0.2) is 53.2 Å². The largest absolute Gasteiger partial charge is 0.439 e. The number of aromatic nitrogens is 1. The molecule has 2 saturated heterocycles. The summed E-state index contributed by atoms with van der Waals surface area (Å²) in [5.41, 5.74) is 0.496. The number of ether oxygens (including phenoxy) is 1. The highest BCUT2D eigenvalue weighted by molar-refractivity contribution is 6.35. The lowest BCUT2D eigenvalue weighted by molar-refractivity contribution is 0.0627. The summed E-state index contributed by atoms with van der Waals surface area (Å²) in [6.45, 7) is 2.84. The van der Waals surface area contributed by atoms with Gasteiger partial charge in [0.2, 0.25) is 0 Å². The molecule has 2 fully saturated rings. The molecule has 0 bridgehead atoms. The van der Waals surface area contributed by atoms with Crippen LogP contribution >= 0.6 is 23.2 Å². The number of carbonyl (C=O) groups excluding carboxylic acids is 1. The first-order valence-corrected chi connectivity index (χ1v) is 7.19. The first-order valence-electron chi connectivity index (χ1n) is 6.43. The van der Waals surface area contributed by atoms with Gasteiger partial charge in [-0.05, 0) is 0 Å². The van der Waals surface area contributed by atoms with Gasteiger partial charge in [-0.2, -0.15) is 0 Å². The molecule has 2 aliphatic heterocycles. The standard InChI is InChI=1S/C13H15Cl2N3O2/c1-17-7-13(20-12(17)19)2-3-18(8-13)6-9-10(14)4-16-5-11(9)15/h4-5H,2-3,6-8H2,1H3/t13-/m1/s1. The smallest absolute Gasteiger partial charge is 0.410 e. The van der Waals surface area contributed by atoms with Crippen LogP contribution in [0.5, 0.6) is 0 Å². The summed E-state index contributed by atoms with van der Waals surface area (Å²) in [4.78, 5) is 19.3. The summed E-state index contributed by atoms with van der Waals surface area (Å²) in [6.07, 6.45) is 3.78. The topological polar surface area (TPSA) is 45.7 Å². The Morgan fingerprint density at radius 3 is 2.65 bits per heavy atom. The maximum atomic E-state index is 11.5. The lowest BCUT2D eigenvalue weighted by Crippen LogP contribution is -2.37. The van der Waals surface area contributed by atoms with E-state index in [0.29, 0.717) is 29.7 Å². The molecule has 2 aliphatic rings. The van der Waals surface area contributed by atoms with Gasteiger partial charge >= 0.3 is 6.09 Å². The molecule has 7 heteroatoms. The van der Waals surface area contributed by atoms with Crippen LogP contribution in [0.4, 0.5) is 4.79 Å². The number of amides is 1. The molecule has 20 heavy (non-hydrogen) atoms. The summed E-state index contributed by atoms with van der Waals surface area (Å²) in [7, 11) is 1.76. The molecule has 1 spiro atoms. The van der Waals surface area contributed by atoms with Gasteiger partial charge in [-0.15, -0.1) is 0 Å². The van der Waals surface area contributed by atoms with Gasteiger partial charge in [0.15, 0.2) is 0 Å². The van der Waals surface area contributed by atoms with Gasteiger partial charge < -0.3 is 9.64 Å². The van der Waals surface area contributed by atoms with Gasteiger partial charge in [-0.25, -0.2) is 4.79 Å². The molecule has 108 valence electrons. The number of hydrogen-bond donors (Lipinski definition) is 0. The van der Waals surface area contributed by atoms with Gasteiger partial charge in [0, 0.05) is 51.1 Å². The van der Waals surface area contributed by atoms with Crippen molar-refractivity contribution in [2.45, 2.75) is 18.6 Å². The van der Waals surface area contributed by atoms with E-state index in [9.17, 15) is 4.79 Å². The van der Waals surface area contributed by atoms with Crippen LogP contribution in [0, 0.1) is 0 Å². The Labute approximate surface area is 127 Å². The van der Waals surface area contributed by atoms with E-state index in [1.807, 2.05) is 0 Å². The quantitative estimate of drug-likeness (QED) is 0.840. The highest BCUT2D eigenvalue weighted by Crippen LogP contribution is 2.34. The molecule has 0 saturated carbocycles. The van der Waals surface area contributed by atoms with Crippen molar-refractivity contribution in [3.05, 3.63) is 28.0 Å². The van der Waals surface area contributed by atoms with Crippen molar-refractivity contribution < 1.29 is 9.53 Å². The van der Waals surface area contributed by atoms with E-state index in [1.165, 1.54) is 0 Å². The number of carbonyl (C=O) groups is 1. The summed E-state index contributed by atoms with van der Waals surface area (Å²) in [6, 6.07) is 0. The second-order valence-electron chi connectivity index (χ2n) is 5.45. The molecule has 0 aliphatic carbocycles. The van der Waals surface area contributed by atoms with E-state index in [1.54, 1.807) is 24.3 Å². The number of nitrogens with zero attached hydrogens (tertiary/aromatic N) is 3. The van der Waals surface area contributed by atoms with E-state index >= 15 is 0 Å². The summed E-state index contributed by atoms with van der Waals surface area (Å²) in [5.74, 6) is 0. The second kappa shape index (κ2) is 5.06. The van der Waals surface area contributed by atoms with Crippen LogP contribution in [0.3, 0.4) is 0 Å². The van der Waals surface area contributed by atoms with Crippen LogP contribution in [0.1, 0.15) is 12.0 Å². The lowest BCUT2D eigenvalue weighted by Gasteiger charge is -2.22. The van der Waals surface area contributed by atoms with Gasteiger partial charge in [0.1, 0.15) is 5.60 Å². The SMILES string of the molecule is CN1C[C@@]2(CCN(Cc3c(Cl)cncc3Cl)C2)OC1=O. The van der Waals surface area contributed by atoms with Crippen molar-refractivity contribution in [3.63, 3.8) is 0 Å². The Bertz CT molecular complexity index is 534. The maximum absolute atomic E-state index is 11.5. The first kappa shape index (κ1) is 13.9. The lowest BCUT2D eigenvalue weighted by atomic mass is 10.0. The highest BCUT2D eigenvalue weighted by Gasteiger charge is 2.48. The van der Waals surface area contributed by atoms with Crippen molar-refractivity contribution in [1.82, 2.24) is 14.8 Å². The molecule has 0 radical (unpaired) electrons. The van der Waals surface area contributed by atoms with E-state index in [-0.39, 0.29) is 11.7 Å². The van der Waals surface area contributed by atoms with Crippen LogP contribution in [0.15, 0.2) is 12.4 Å². The summed E-state index contributed by atoms with van der Waals surface area (Å²) < 4.78 is 5.52. The Balaban J connectivity index is 1.71. The van der Waals surface area contributed by atoms with Crippen molar-refractivity contribution in [2.75, 3.05) is 26.7 Å². The molecule has 1 aromatic heterocycles. The van der Waals surface area contributed by atoms with Gasteiger partial charge in [0.05, 0.1) is 16.6 Å². The molecule has 0 N–H and O–H groups in total. The monoisotopic (exact) mass is 315 g/mol. The van der Waals surface area contributed by atoms with Gasteiger partial charge in [-0.1, -0.05) is 23.2 Å². The molecule has 0 aromatic carbocycles. The Morgan fingerprint density at radius 1 is 1.35 bits per heavy atom. The molecule has 5 nitrogen and oxygen atoms in total. The van der Waals surface area contributed by atoms with E-state index < -0.39 is 0 Å². The predicted molar refractivity (Wildman–Crippen MR) is 76.0 cm³/mol. The molecular weight excluding hydrogens is 301 g/mol. The number of likely N-dealkylation sites (tertiary alicyclic amines) is 1. The maximum Gasteiger partial charge on any atom is 0.410 e. The molecule has 3 rings (SSSR count). The molecule has 0 unspecified atom stereocenters. The number of pyridine rings is 1. The predicted octanol–water partition coefficient (Wildman–Crippen LogP) is 2.41. The first-order chi connectivity index (χ1) is 9.49. The summed E-state index contributed by atoms with van der Waals surface area (Å²) >= 11 is 12.3. The Hall–Kier alpha value is -1.04. The van der Waals surface area contributed by atoms with Crippen molar-refractivity contribution in [1.29, 1.82) is 0 Å². The number of likely N-dealkylation sites (N-methyl/N-ethyl adjacent to an activating group) is 1. The zero-order chi connectivity index (χ0) is 14.3. The number of hydrogen-bond acceptors (Lipinski definition) is 4. The average Bonchev–Trinajstić information content (AvgIpc) is 2.89. The fourth-order valence-electron chi connectivity index (χ4n) is 2.88. The number of rotatable bonds is 2. The van der Waals surface area contributed by atoms with Crippen LogP contribution < -0.4 is 0 Å². The zero-order valence-electron chi connectivity index (χ0n) is 11.1. The summed E-state index contributed by atoms with van der Waals surface area (Å²) in [5, 5.41) is 1.14. The van der Waals surface area contributed by atoms with E-state index in [0.717, 1.165) is 18.5 Å². The van der Waals surface area contributed by atoms with Crippen molar-refractivity contribution in [3.8, 4) is 0 Å². The van der Waals surface area contributed by atoms with Crippen LogP contribution in [-0.2, 0) is 11.3 Å². The minimum Gasteiger partial charge on any atom is -0.439 e. The van der Waals surface area contributed by atoms with Gasteiger partial charge in [0.25, 0.3) is 0 Å². The molecule has 1 atom stereocenters. The van der Waals surface area contributed by atoms with E-state index in [2.05, 4.69) is 9.88 Å². The molecular formula is C13H15Cl2N3O2. The Kier molecular flexibility index (Phi) is 3.52. The molecule has 1 aromatic rings. The minimum absolute atomic E-state index is 0.244. The van der Waals surface area contributed by atoms with E-state index in [4.69, 9.17) is 27.9 Å². The third-order valence-corrected chi connectivity index (χ3v) is 4.52. The third-order valence-electron chi connectivity index (χ3n) is 3.87. The fourth-order valence-corrected chi connectivity index (χ4v) is 3.36. The fraction of sp³-hybridized carbons (Fsp3) is 0.538. The molecule has 3 heterocycles.